The predicted octanol–water partition coefficient (Wildman–Crippen LogP) is 6.53. The Morgan fingerprint density at radius 1 is 1.11 bits per heavy atom. The Labute approximate surface area is 143 Å². The van der Waals surface area contributed by atoms with Crippen molar-refractivity contribution in [2.75, 3.05) is 7.11 Å². The van der Waals surface area contributed by atoms with E-state index in [0.29, 0.717) is 0 Å². The van der Waals surface area contributed by atoms with E-state index in [2.05, 4.69) is 75.9 Å². The summed E-state index contributed by atoms with van der Waals surface area (Å²) < 4.78 is 8.66. The van der Waals surface area contributed by atoms with Gasteiger partial charge in [-0.1, -0.05) is 31.9 Å². The highest BCUT2D eigenvalue weighted by molar-refractivity contribution is 9.12. The van der Waals surface area contributed by atoms with Crippen molar-refractivity contribution < 1.29 is 4.74 Å². The minimum absolute atomic E-state index is 0.0851. The molecule has 2 aromatic rings. The van der Waals surface area contributed by atoms with Crippen LogP contribution >= 0.6 is 75.1 Å². The molecule has 18 heavy (non-hydrogen) atoms. The monoisotopic (exact) mass is 516 g/mol. The molecule has 0 N–H and O–H groups in total. The minimum Gasteiger partial charge on any atom is -0.496 e. The third kappa shape index (κ3) is 3.20. The van der Waals surface area contributed by atoms with Crippen LogP contribution in [0.3, 0.4) is 0 Å². The average molecular weight is 520 g/mol. The number of thiophene rings is 1. The van der Waals surface area contributed by atoms with Gasteiger partial charge in [0.15, 0.2) is 0 Å². The van der Waals surface area contributed by atoms with Gasteiger partial charge >= 0.3 is 0 Å². The summed E-state index contributed by atoms with van der Waals surface area (Å²) in [6.07, 6.45) is 0. The molecule has 1 atom stereocenters. The van der Waals surface area contributed by atoms with Crippen LogP contribution < -0.4 is 4.74 Å². The number of ether oxygens (including phenoxy) is 1. The Balaban J connectivity index is 2.48. The Hall–Kier alpha value is 0.640. The lowest BCUT2D eigenvalue weighted by Crippen LogP contribution is -1.96. The molecule has 0 spiro atoms. The number of methoxy groups -OCH3 is 1. The third-order valence-corrected chi connectivity index (χ3v) is 6.29. The van der Waals surface area contributed by atoms with Gasteiger partial charge in [0.2, 0.25) is 0 Å². The standard InChI is InChI=1S/C12H8Br4OS/c1-17-9-3-2-6(13)4-7(9)11(15)8-5-10(14)18-12(8)16/h2-5,11H,1H3. The molecule has 0 radical (unpaired) electrons. The smallest absolute Gasteiger partial charge is 0.123 e. The van der Waals surface area contributed by atoms with Gasteiger partial charge in [0, 0.05) is 10.0 Å². The molecule has 1 unspecified atom stereocenters. The van der Waals surface area contributed by atoms with E-state index in [-0.39, 0.29) is 4.83 Å². The second kappa shape index (κ2) is 6.39. The first-order valence-corrected chi connectivity index (χ1v) is 9.06. The van der Waals surface area contributed by atoms with E-state index in [4.69, 9.17) is 4.74 Å². The number of benzene rings is 1. The van der Waals surface area contributed by atoms with Gasteiger partial charge < -0.3 is 4.74 Å². The SMILES string of the molecule is COc1ccc(Br)cc1C(Br)c1cc(Br)sc1Br. The first-order valence-electron chi connectivity index (χ1n) is 4.95. The van der Waals surface area contributed by atoms with Gasteiger partial charge in [0.05, 0.1) is 19.5 Å². The van der Waals surface area contributed by atoms with E-state index in [1.807, 2.05) is 12.1 Å². The van der Waals surface area contributed by atoms with Crippen LogP contribution in [0.25, 0.3) is 0 Å². The molecule has 0 aliphatic heterocycles. The van der Waals surface area contributed by atoms with Crippen molar-refractivity contribution in [3.8, 4) is 5.75 Å². The first-order chi connectivity index (χ1) is 8.52. The van der Waals surface area contributed by atoms with Crippen LogP contribution in [-0.2, 0) is 0 Å². The molecule has 96 valence electrons. The highest BCUT2D eigenvalue weighted by Crippen LogP contribution is 2.44. The number of rotatable bonds is 3. The Kier molecular flexibility index (Phi) is 5.34. The van der Waals surface area contributed by atoms with Gasteiger partial charge in [-0.2, -0.15) is 0 Å². The molecule has 6 heteroatoms. The lowest BCUT2D eigenvalue weighted by Gasteiger charge is -2.14. The second-order valence-electron chi connectivity index (χ2n) is 3.53. The Morgan fingerprint density at radius 2 is 1.83 bits per heavy atom. The third-order valence-electron chi connectivity index (χ3n) is 2.42. The van der Waals surface area contributed by atoms with Crippen LogP contribution in [0, 0.1) is 0 Å². The van der Waals surface area contributed by atoms with Crippen molar-refractivity contribution in [3.05, 3.63) is 47.4 Å². The van der Waals surface area contributed by atoms with Gasteiger partial charge in [0.25, 0.3) is 0 Å². The molecule has 0 amide bonds. The Morgan fingerprint density at radius 3 is 2.39 bits per heavy atom. The van der Waals surface area contributed by atoms with Gasteiger partial charge in [-0.3, -0.25) is 0 Å². The van der Waals surface area contributed by atoms with Crippen molar-refractivity contribution in [1.29, 1.82) is 0 Å². The molecule has 1 heterocycles. The molecule has 0 fully saturated rings. The largest absolute Gasteiger partial charge is 0.496 e. The molecule has 0 saturated heterocycles. The minimum atomic E-state index is 0.0851. The molecule has 0 bridgehead atoms. The van der Waals surface area contributed by atoms with Crippen LogP contribution in [0.4, 0.5) is 0 Å². The zero-order valence-electron chi connectivity index (χ0n) is 9.22. The number of alkyl halides is 1. The topological polar surface area (TPSA) is 9.23 Å². The maximum Gasteiger partial charge on any atom is 0.123 e. The quantitative estimate of drug-likeness (QED) is 0.419. The fourth-order valence-corrected chi connectivity index (χ4v) is 6.06. The summed E-state index contributed by atoms with van der Waals surface area (Å²) in [7, 11) is 1.69. The fourth-order valence-electron chi connectivity index (χ4n) is 1.60. The number of halogens is 4. The van der Waals surface area contributed by atoms with E-state index >= 15 is 0 Å². The summed E-state index contributed by atoms with van der Waals surface area (Å²) in [5.41, 5.74) is 2.28. The molecule has 0 aliphatic carbocycles. The van der Waals surface area contributed by atoms with Crippen LogP contribution in [0.15, 0.2) is 36.3 Å². The summed E-state index contributed by atoms with van der Waals surface area (Å²) in [5, 5.41) is 0. The van der Waals surface area contributed by atoms with Gasteiger partial charge in [-0.05, 0) is 61.7 Å². The van der Waals surface area contributed by atoms with Gasteiger partial charge in [0.1, 0.15) is 5.75 Å². The normalized spacial score (nSPS) is 12.5. The van der Waals surface area contributed by atoms with Crippen LogP contribution in [0.5, 0.6) is 5.75 Å². The molecule has 2 rings (SSSR count). The van der Waals surface area contributed by atoms with Crippen molar-refractivity contribution in [1.82, 2.24) is 0 Å². The van der Waals surface area contributed by atoms with E-state index in [0.717, 1.165) is 23.4 Å². The van der Waals surface area contributed by atoms with Crippen LogP contribution in [0.2, 0.25) is 0 Å². The maximum atomic E-state index is 5.42. The predicted molar refractivity (Wildman–Crippen MR) is 91.2 cm³/mol. The fraction of sp³-hybridized carbons (Fsp3) is 0.167. The molecule has 0 saturated carbocycles. The van der Waals surface area contributed by atoms with Gasteiger partial charge in [-0.25, -0.2) is 0 Å². The molecular weight excluding hydrogens is 512 g/mol. The summed E-state index contributed by atoms with van der Waals surface area (Å²) in [4.78, 5) is 0.0851. The molecule has 1 aromatic heterocycles. The first kappa shape index (κ1) is 15.0. The summed E-state index contributed by atoms with van der Waals surface area (Å²) in [6.45, 7) is 0. The highest BCUT2D eigenvalue weighted by Gasteiger charge is 2.20. The number of hydrogen-bond donors (Lipinski definition) is 0. The van der Waals surface area contributed by atoms with E-state index in [9.17, 15) is 0 Å². The number of hydrogen-bond acceptors (Lipinski definition) is 2. The highest BCUT2D eigenvalue weighted by atomic mass is 79.9. The lowest BCUT2D eigenvalue weighted by atomic mass is 10.1. The van der Waals surface area contributed by atoms with E-state index in [1.54, 1.807) is 18.4 Å². The summed E-state index contributed by atoms with van der Waals surface area (Å²) >= 11 is 16.0. The summed E-state index contributed by atoms with van der Waals surface area (Å²) in [6, 6.07) is 8.11. The van der Waals surface area contributed by atoms with Crippen molar-refractivity contribution in [2.45, 2.75) is 4.83 Å². The van der Waals surface area contributed by atoms with Crippen LogP contribution in [0.1, 0.15) is 16.0 Å². The lowest BCUT2D eigenvalue weighted by molar-refractivity contribution is 0.410. The van der Waals surface area contributed by atoms with Crippen molar-refractivity contribution >= 4 is 75.1 Å². The van der Waals surface area contributed by atoms with E-state index in [1.165, 1.54) is 5.56 Å². The Bertz CT molecular complexity index is 567. The zero-order valence-corrected chi connectivity index (χ0v) is 16.4. The maximum absolute atomic E-state index is 5.42. The van der Waals surface area contributed by atoms with E-state index < -0.39 is 0 Å². The zero-order chi connectivity index (χ0) is 13.3. The van der Waals surface area contributed by atoms with Crippen molar-refractivity contribution in [3.63, 3.8) is 0 Å². The van der Waals surface area contributed by atoms with Gasteiger partial charge in [-0.15, -0.1) is 11.3 Å². The average Bonchev–Trinajstić information content (AvgIpc) is 2.67. The second-order valence-corrected chi connectivity index (χ2v) is 9.11. The van der Waals surface area contributed by atoms with Crippen molar-refractivity contribution in [2.24, 2.45) is 0 Å². The molecule has 0 aliphatic rings. The molecule has 1 nitrogen and oxygen atoms in total. The van der Waals surface area contributed by atoms with Crippen LogP contribution in [-0.4, -0.2) is 7.11 Å². The summed E-state index contributed by atoms with van der Waals surface area (Å²) in [5.74, 6) is 0.870. The molecular formula is C12H8Br4OS. The molecule has 1 aromatic carbocycles.